The largest absolute Gasteiger partial charge is 0.494 e. The van der Waals surface area contributed by atoms with Crippen molar-refractivity contribution in [3.05, 3.63) is 29.3 Å². The Kier molecular flexibility index (Phi) is 3.73. The van der Waals surface area contributed by atoms with E-state index >= 15 is 0 Å². The van der Waals surface area contributed by atoms with E-state index in [-0.39, 0.29) is 11.6 Å². The van der Waals surface area contributed by atoms with Crippen LogP contribution in [0.3, 0.4) is 0 Å². The first-order chi connectivity index (χ1) is 6.69. The van der Waals surface area contributed by atoms with Crippen LogP contribution < -0.4 is 4.74 Å². The summed E-state index contributed by atoms with van der Waals surface area (Å²) >= 11 is 5.32. The van der Waals surface area contributed by atoms with E-state index in [2.05, 4.69) is 16.6 Å². The van der Waals surface area contributed by atoms with Gasteiger partial charge in [-0.2, -0.15) is 4.39 Å². The lowest BCUT2D eigenvalue weighted by molar-refractivity contribution is 0.371. The minimum Gasteiger partial charge on any atom is -0.494 e. The average molecular weight is 217 g/mol. The highest BCUT2D eigenvalue weighted by Gasteiger charge is 2.09. The van der Waals surface area contributed by atoms with E-state index in [4.69, 9.17) is 11.6 Å². The molecule has 1 aromatic rings. The number of benzene rings is 1. The third kappa shape index (κ3) is 2.36. The second-order valence-electron chi connectivity index (χ2n) is 2.41. The Bertz CT molecular complexity index is 393. The quantitative estimate of drug-likeness (QED) is 0.518. The van der Waals surface area contributed by atoms with Crippen LogP contribution in [-0.4, -0.2) is 13.0 Å². The van der Waals surface area contributed by atoms with Crippen molar-refractivity contribution in [1.82, 2.24) is 0 Å². The lowest BCUT2D eigenvalue weighted by Gasteiger charge is -2.02. The Morgan fingerprint density at radius 2 is 2.14 bits per heavy atom. The lowest BCUT2D eigenvalue weighted by atomic mass is 10.2. The van der Waals surface area contributed by atoms with Gasteiger partial charge >= 0.3 is 0 Å². The summed E-state index contributed by atoms with van der Waals surface area (Å²) in [5, 5.41) is 0. The van der Waals surface area contributed by atoms with Crippen LogP contribution in [0.1, 0.15) is 5.56 Å². The molecule has 0 aliphatic rings. The summed E-state index contributed by atoms with van der Waals surface area (Å²) in [6.07, 6.45) is 0. The summed E-state index contributed by atoms with van der Waals surface area (Å²) in [4.78, 5) is 0. The highest BCUT2D eigenvalue weighted by atomic mass is 35.5. The molecule has 0 N–H and O–H groups in total. The zero-order valence-electron chi connectivity index (χ0n) is 7.40. The third-order valence-corrected chi connectivity index (χ3v) is 1.65. The molecule has 0 amide bonds. The maximum atomic E-state index is 12.9. The van der Waals surface area contributed by atoms with E-state index in [9.17, 15) is 8.78 Å². The summed E-state index contributed by atoms with van der Waals surface area (Å²) in [5.41, 5.74) is 0.335. The molecule has 74 valence electrons. The molecule has 0 saturated heterocycles. The van der Waals surface area contributed by atoms with Crippen LogP contribution in [0.4, 0.5) is 8.78 Å². The Balaban J connectivity index is 3.16. The summed E-state index contributed by atoms with van der Waals surface area (Å²) < 4.78 is 30.5. The van der Waals surface area contributed by atoms with Gasteiger partial charge in [0, 0.05) is 5.56 Å². The molecule has 0 radical (unpaired) electrons. The highest BCUT2D eigenvalue weighted by Crippen LogP contribution is 2.21. The average Bonchev–Trinajstić information content (AvgIpc) is 2.19. The highest BCUT2D eigenvalue weighted by molar-refractivity contribution is 6.19. The monoisotopic (exact) mass is 216 g/mol. The molecular formula is C10H7ClF2O. The minimum absolute atomic E-state index is 0.140. The van der Waals surface area contributed by atoms with Gasteiger partial charge < -0.3 is 4.74 Å². The SMILES string of the molecule is COc1cc(C#CCCl)cc(F)c1F. The number of methoxy groups -OCH3 is 1. The molecular weight excluding hydrogens is 210 g/mol. The fourth-order valence-corrected chi connectivity index (χ4v) is 0.987. The van der Waals surface area contributed by atoms with Crippen molar-refractivity contribution in [2.45, 2.75) is 0 Å². The van der Waals surface area contributed by atoms with Crippen LogP contribution in [0.25, 0.3) is 0 Å². The van der Waals surface area contributed by atoms with Crippen LogP contribution in [0.5, 0.6) is 5.75 Å². The lowest BCUT2D eigenvalue weighted by Crippen LogP contribution is -1.93. The summed E-state index contributed by atoms with van der Waals surface area (Å²) in [6, 6.07) is 2.31. The molecule has 1 aromatic carbocycles. The van der Waals surface area contributed by atoms with Crippen molar-refractivity contribution in [3.63, 3.8) is 0 Å². The normalized spacial score (nSPS) is 9.14. The van der Waals surface area contributed by atoms with Gasteiger partial charge in [-0.05, 0) is 12.1 Å². The topological polar surface area (TPSA) is 9.23 Å². The fraction of sp³-hybridized carbons (Fsp3) is 0.200. The van der Waals surface area contributed by atoms with Gasteiger partial charge in [0.05, 0.1) is 13.0 Å². The number of hydrogen-bond acceptors (Lipinski definition) is 1. The maximum Gasteiger partial charge on any atom is 0.200 e. The molecule has 0 atom stereocenters. The standard InChI is InChI=1S/C10H7ClF2O/c1-14-9-6-7(3-2-4-11)5-8(12)10(9)13/h5-6H,4H2,1H3. The maximum absolute atomic E-state index is 12.9. The van der Waals surface area contributed by atoms with Crippen molar-refractivity contribution in [2.75, 3.05) is 13.0 Å². The van der Waals surface area contributed by atoms with Crippen LogP contribution in [0.15, 0.2) is 12.1 Å². The molecule has 0 unspecified atom stereocenters. The molecule has 14 heavy (non-hydrogen) atoms. The van der Waals surface area contributed by atoms with Crippen LogP contribution >= 0.6 is 11.6 Å². The van der Waals surface area contributed by atoms with E-state index in [1.807, 2.05) is 0 Å². The molecule has 0 heterocycles. The first-order valence-electron chi connectivity index (χ1n) is 3.77. The second kappa shape index (κ2) is 4.83. The van der Waals surface area contributed by atoms with Crippen molar-refractivity contribution >= 4 is 11.6 Å². The van der Waals surface area contributed by atoms with Gasteiger partial charge in [-0.3, -0.25) is 0 Å². The van der Waals surface area contributed by atoms with Crippen LogP contribution in [0.2, 0.25) is 0 Å². The first kappa shape index (κ1) is 10.8. The molecule has 4 heteroatoms. The van der Waals surface area contributed by atoms with E-state index in [0.29, 0.717) is 5.56 Å². The summed E-state index contributed by atoms with van der Waals surface area (Å²) in [5.74, 6) is 3.09. The van der Waals surface area contributed by atoms with Crippen molar-refractivity contribution in [1.29, 1.82) is 0 Å². The Labute approximate surface area is 85.6 Å². The number of halogens is 3. The van der Waals surface area contributed by atoms with Crippen molar-refractivity contribution < 1.29 is 13.5 Å². The summed E-state index contributed by atoms with van der Waals surface area (Å²) in [7, 11) is 1.26. The first-order valence-corrected chi connectivity index (χ1v) is 4.30. The minimum atomic E-state index is -1.01. The molecule has 1 nitrogen and oxygen atoms in total. The molecule has 0 saturated carbocycles. The van der Waals surface area contributed by atoms with Gasteiger partial charge in [0.1, 0.15) is 0 Å². The van der Waals surface area contributed by atoms with Gasteiger partial charge in [-0.15, -0.1) is 11.6 Å². The van der Waals surface area contributed by atoms with E-state index in [1.54, 1.807) is 0 Å². The van der Waals surface area contributed by atoms with E-state index in [0.717, 1.165) is 6.07 Å². The van der Waals surface area contributed by atoms with Gasteiger partial charge in [-0.1, -0.05) is 11.8 Å². The molecule has 0 fully saturated rings. The Morgan fingerprint density at radius 3 is 2.71 bits per heavy atom. The zero-order chi connectivity index (χ0) is 10.6. The molecule has 0 aliphatic heterocycles. The molecule has 0 bridgehead atoms. The fourth-order valence-electron chi connectivity index (χ4n) is 0.920. The third-order valence-electron chi connectivity index (χ3n) is 1.51. The number of alkyl halides is 1. The van der Waals surface area contributed by atoms with Gasteiger partial charge in [0.2, 0.25) is 5.82 Å². The second-order valence-corrected chi connectivity index (χ2v) is 2.68. The molecule has 0 aromatic heterocycles. The summed E-state index contributed by atoms with van der Waals surface area (Å²) in [6.45, 7) is 0. The Hall–Kier alpha value is -1.27. The van der Waals surface area contributed by atoms with Crippen LogP contribution in [-0.2, 0) is 0 Å². The number of rotatable bonds is 1. The smallest absolute Gasteiger partial charge is 0.200 e. The van der Waals surface area contributed by atoms with Gasteiger partial charge in [0.15, 0.2) is 11.6 Å². The predicted octanol–water partition coefficient (Wildman–Crippen LogP) is 2.56. The molecule has 0 spiro atoms. The zero-order valence-corrected chi connectivity index (χ0v) is 8.16. The molecule has 0 aliphatic carbocycles. The van der Waals surface area contributed by atoms with Gasteiger partial charge in [-0.25, -0.2) is 4.39 Å². The van der Waals surface area contributed by atoms with Crippen molar-refractivity contribution in [2.24, 2.45) is 0 Å². The Morgan fingerprint density at radius 1 is 1.43 bits per heavy atom. The molecule has 1 rings (SSSR count). The van der Waals surface area contributed by atoms with E-state index < -0.39 is 11.6 Å². The van der Waals surface area contributed by atoms with Gasteiger partial charge in [0.25, 0.3) is 0 Å². The van der Waals surface area contributed by atoms with E-state index in [1.165, 1.54) is 13.2 Å². The van der Waals surface area contributed by atoms with Crippen molar-refractivity contribution in [3.8, 4) is 17.6 Å². The number of ether oxygens (including phenoxy) is 1. The van der Waals surface area contributed by atoms with Crippen LogP contribution in [0, 0.1) is 23.5 Å². The predicted molar refractivity (Wildman–Crippen MR) is 50.5 cm³/mol. The number of hydrogen-bond donors (Lipinski definition) is 0.